The maximum Gasteiger partial charge on any atom is 0.0992 e. The molecule has 20 heavy (non-hydrogen) atoms. The third kappa shape index (κ3) is 3.32. The molecule has 0 saturated heterocycles. The standard InChI is InChI=1S/C16H22ClN3/c1-2-20(16-5-3-4-13(16)10-19)11-14-7-6-12(9-18)8-15(14)17/h6-8,13,16H,2-5,10-11,19H2,1H3. The summed E-state index contributed by atoms with van der Waals surface area (Å²) in [6, 6.07) is 8.24. The number of halogens is 1. The van der Waals surface area contributed by atoms with Crippen LogP contribution in [0.1, 0.15) is 37.3 Å². The minimum Gasteiger partial charge on any atom is -0.330 e. The maximum atomic E-state index is 8.89. The molecule has 1 aliphatic carbocycles. The molecule has 0 aromatic heterocycles. The van der Waals surface area contributed by atoms with Gasteiger partial charge in [-0.15, -0.1) is 0 Å². The van der Waals surface area contributed by atoms with Gasteiger partial charge in [0, 0.05) is 17.6 Å². The molecule has 2 rings (SSSR count). The summed E-state index contributed by atoms with van der Waals surface area (Å²) in [4.78, 5) is 2.47. The van der Waals surface area contributed by atoms with Crippen LogP contribution in [-0.2, 0) is 6.54 Å². The maximum absolute atomic E-state index is 8.89. The van der Waals surface area contributed by atoms with Gasteiger partial charge in [0.05, 0.1) is 11.6 Å². The summed E-state index contributed by atoms with van der Waals surface area (Å²) in [5.41, 5.74) is 7.60. The number of nitriles is 1. The molecule has 0 spiro atoms. The molecule has 3 nitrogen and oxygen atoms in total. The van der Waals surface area contributed by atoms with Crippen molar-refractivity contribution in [1.29, 1.82) is 5.26 Å². The monoisotopic (exact) mass is 291 g/mol. The highest BCUT2D eigenvalue weighted by Crippen LogP contribution is 2.31. The van der Waals surface area contributed by atoms with Crippen molar-refractivity contribution in [1.82, 2.24) is 4.90 Å². The fraction of sp³-hybridized carbons (Fsp3) is 0.562. The lowest BCUT2D eigenvalue weighted by atomic mass is 10.0. The predicted molar refractivity (Wildman–Crippen MR) is 82.4 cm³/mol. The fourth-order valence-corrected chi connectivity index (χ4v) is 3.44. The number of rotatable bonds is 5. The molecule has 2 unspecified atom stereocenters. The van der Waals surface area contributed by atoms with E-state index in [0.29, 0.717) is 22.5 Å². The van der Waals surface area contributed by atoms with Crippen molar-refractivity contribution in [2.24, 2.45) is 11.7 Å². The van der Waals surface area contributed by atoms with E-state index in [2.05, 4.69) is 17.9 Å². The molecule has 1 aromatic rings. The van der Waals surface area contributed by atoms with E-state index >= 15 is 0 Å². The molecule has 1 fully saturated rings. The highest BCUT2D eigenvalue weighted by molar-refractivity contribution is 6.31. The molecule has 0 radical (unpaired) electrons. The first-order chi connectivity index (χ1) is 9.69. The molecule has 1 aromatic carbocycles. The lowest BCUT2D eigenvalue weighted by molar-refractivity contribution is 0.162. The molecule has 1 saturated carbocycles. The first-order valence-corrected chi connectivity index (χ1v) is 7.70. The van der Waals surface area contributed by atoms with Crippen LogP contribution in [0, 0.1) is 17.2 Å². The van der Waals surface area contributed by atoms with Crippen molar-refractivity contribution < 1.29 is 0 Å². The number of nitrogens with zero attached hydrogens (tertiary/aromatic N) is 2. The molecule has 0 bridgehead atoms. The van der Waals surface area contributed by atoms with Crippen LogP contribution in [0.4, 0.5) is 0 Å². The normalized spacial score (nSPS) is 22.1. The van der Waals surface area contributed by atoms with Crippen molar-refractivity contribution >= 4 is 11.6 Å². The minimum absolute atomic E-state index is 0.566. The summed E-state index contributed by atoms with van der Waals surface area (Å²) in [5.74, 6) is 0.604. The van der Waals surface area contributed by atoms with E-state index in [4.69, 9.17) is 22.6 Å². The van der Waals surface area contributed by atoms with Gasteiger partial charge in [-0.2, -0.15) is 5.26 Å². The quantitative estimate of drug-likeness (QED) is 0.906. The van der Waals surface area contributed by atoms with E-state index in [9.17, 15) is 0 Å². The molecule has 0 aliphatic heterocycles. The zero-order valence-electron chi connectivity index (χ0n) is 12.0. The molecular formula is C16H22ClN3. The summed E-state index contributed by atoms with van der Waals surface area (Å²) in [7, 11) is 0. The second-order valence-electron chi connectivity index (χ2n) is 5.48. The van der Waals surface area contributed by atoms with Gasteiger partial charge in [-0.3, -0.25) is 4.90 Å². The predicted octanol–water partition coefficient (Wildman–Crippen LogP) is 3.16. The first-order valence-electron chi connectivity index (χ1n) is 7.32. The molecular weight excluding hydrogens is 270 g/mol. The third-order valence-electron chi connectivity index (χ3n) is 4.35. The zero-order valence-corrected chi connectivity index (χ0v) is 12.7. The van der Waals surface area contributed by atoms with Gasteiger partial charge < -0.3 is 5.73 Å². The summed E-state index contributed by atoms with van der Waals surface area (Å²) < 4.78 is 0. The largest absolute Gasteiger partial charge is 0.330 e. The van der Waals surface area contributed by atoms with Crippen molar-refractivity contribution in [3.63, 3.8) is 0 Å². The number of nitrogens with two attached hydrogens (primary N) is 1. The van der Waals surface area contributed by atoms with Crippen LogP contribution in [-0.4, -0.2) is 24.0 Å². The van der Waals surface area contributed by atoms with Gasteiger partial charge in [0.15, 0.2) is 0 Å². The Morgan fingerprint density at radius 2 is 2.25 bits per heavy atom. The molecule has 0 amide bonds. The molecule has 2 atom stereocenters. The van der Waals surface area contributed by atoms with Crippen molar-refractivity contribution in [3.05, 3.63) is 34.3 Å². The Morgan fingerprint density at radius 1 is 1.45 bits per heavy atom. The molecule has 0 heterocycles. The Kier molecular flexibility index (Phi) is 5.42. The van der Waals surface area contributed by atoms with Crippen LogP contribution in [0.25, 0.3) is 0 Å². The number of hydrogen-bond donors (Lipinski definition) is 1. The van der Waals surface area contributed by atoms with Gasteiger partial charge >= 0.3 is 0 Å². The van der Waals surface area contributed by atoms with E-state index in [1.54, 1.807) is 6.07 Å². The minimum atomic E-state index is 0.566. The van der Waals surface area contributed by atoms with Crippen LogP contribution >= 0.6 is 11.6 Å². The van der Waals surface area contributed by atoms with Gasteiger partial charge in [0.2, 0.25) is 0 Å². The van der Waals surface area contributed by atoms with Crippen molar-refractivity contribution in [3.8, 4) is 6.07 Å². The molecule has 2 N–H and O–H groups in total. The smallest absolute Gasteiger partial charge is 0.0992 e. The van der Waals surface area contributed by atoms with E-state index in [1.165, 1.54) is 19.3 Å². The van der Waals surface area contributed by atoms with Gasteiger partial charge in [-0.1, -0.05) is 31.0 Å². The van der Waals surface area contributed by atoms with E-state index in [0.717, 1.165) is 25.2 Å². The fourth-order valence-electron chi connectivity index (χ4n) is 3.20. The van der Waals surface area contributed by atoms with Crippen LogP contribution in [0.2, 0.25) is 5.02 Å². The Labute approximate surface area is 126 Å². The summed E-state index contributed by atoms with van der Waals surface area (Å²) in [6.45, 7) is 4.78. The second kappa shape index (κ2) is 7.08. The number of hydrogen-bond acceptors (Lipinski definition) is 3. The lowest BCUT2D eigenvalue weighted by Gasteiger charge is -2.32. The Morgan fingerprint density at radius 3 is 2.85 bits per heavy atom. The van der Waals surface area contributed by atoms with Gasteiger partial charge in [0.25, 0.3) is 0 Å². The van der Waals surface area contributed by atoms with Gasteiger partial charge in [-0.05, 0) is 49.5 Å². The highest BCUT2D eigenvalue weighted by Gasteiger charge is 2.30. The third-order valence-corrected chi connectivity index (χ3v) is 4.70. The summed E-state index contributed by atoms with van der Waals surface area (Å²) in [6.07, 6.45) is 3.73. The second-order valence-corrected chi connectivity index (χ2v) is 5.88. The Bertz CT molecular complexity index is 495. The Balaban J connectivity index is 2.12. The summed E-state index contributed by atoms with van der Waals surface area (Å²) in [5, 5.41) is 9.57. The summed E-state index contributed by atoms with van der Waals surface area (Å²) >= 11 is 6.28. The van der Waals surface area contributed by atoms with E-state index in [-0.39, 0.29) is 0 Å². The van der Waals surface area contributed by atoms with E-state index < -0.39 is 0 Å². The van der Waals surface area contributed by atoms with Crippen LogP contribution in [0.15, 0.2) is 18.2 Å². The van der Waals surface area contributed by atoms with E-state index in [1.807, 2.05) is 12.1 Å². The van der Waals surface area contributed by atoms with Gasteiger partial charge in [0.1, 0.15) is 0 Å². The molecule has 1 aliphatic rings. The van der Waals surface area contributed by atoms with Crippen LogP contribution in [0.3, 0.4) is 0 Å². The first kappa shape index (κ1) is 15.3. The SMILES string of the molecule is CCN(Cc1ccc(C#N)cc1Cl)C1CCCC1CN. The highest BCUT2D eigenvalue weighted by atomic mass is 35.5. The lowest BCUT2D eigenvalue weighted by Crippen LogP contribution is -2.39. The van der Waals surface area contributed by atoms with Crippen LogP contribution < -0.4 is 5.73 Å². The molecule has 4 heteroatoms. The van der Waals surface area contributed by atoms with Crippen molar-refractivity contribution in [2.45, 2.75) is 38.8 Å². The van der Waals surface area contributed by atoms with Gasteiger partial charge in [-0.25, -0.2) is 0 Å². The Hall–Kier alpha value is -1.08. The zero-order chi connectivity index (χ0) is 14.5. The number of benzene rings is 1. The molecule has 108 valence electrons. The van der Waals surface area contributed by atoms with Crippen LogP contribution in [0.5, 0.6) is 0 Å². The average Bonchev–Trinajstić information content (AvgIpc) is 2.94. The van der Waals surface area contributed by atoms with Crippen molar-refractivity contribution in [2.75, 3.05) is 13.1 Å². The average molecular weight is 292 g/mol. The topological polar surface area (TPSA) is 53.0 Å².